The number of rotatable bonds is 4. The van der Waals surface area contributed by atoms with Crippen LogP contribution < -0.4 is 0 Å². The van der Waals surface area contributed by atoms with Gasteiger partial charge in [0.15, 0.2) is 0 Å². The minimum absolute atomic E-state index is 0.152. The van der Waals surface area contributed by atoms with Crippen molar-refractivity contribution in [1.29, 1.82) is 0 Å². The highest BCUT2D eigenvalue weighted by Crippen LogP contribution is 2.20. The number of esters is 1. The zero-order valence-corrected chi connectivity index (χ0v) is 10.5. The minimum Gasteiger partial charge on any atom is -0.459 e. The zero-order valence-electron chi connectivity index (χ0n) is 10.5. The summed E-state index contributed by atoms with van der Waals surface area (Å²) in [7, 11) is 1.84. The van der Waals surface area contributed by atoms with E-state index in [9.17, 15) is 4.79 Å². The summed E-state index contributed by atoms with van der Waals surface area (Å²) in [5, 5.41) is 4.13. The molecule has 0 aliphatic rings. The Kier molecular flexibility index (Phi) is 4.10. The molecule has 4 heteroatoms. The molecule has 1 rings (SSSR count). The number of aryl methyl sites for hydroxylation is 1. The lowest BCUT2D eigenvalue weighted by molar-refractivity contribution is -0.145. The van der Waals surface area contributed by atoms with Crippen LogP contribution in [0.3, 0.4) is 0 Å². The van der Waals surface area contributed by atoms with Gasteiger partial charge in [0.1, 0.15) is 6.61 Å². The van der Waals surface area contributed by atoms with Crippen molar-refractivity contribution >= 4 is 5.97 Å². The van der Waals surface area contributed by atoms with Crippen LogP contribution in [0.2, 0.25) is 0 Å². The molecule has 1 heterocycles. The molecule has 0 amide bonds. The van der Waals surface area contributed by atoms with Crippen LogP contribution in [0, 0.1) is 5.41 Å². The maximum Gasteiger partial charge on any atom is 0.306 e. The Balaban J connectivity index is 2.25. The summed E-state index contributed by atoms with van der Waals surface area (Å²) in [5.74, 6) is -0.152. The first-order valence-electron chi connectivity index (χ1n) is 5.51. The number of ether oxygens (including phenoxy) is 1. The second kappa shape index (κ2) is 5.14. The summed E-state index contributed by atoms with van der Waals surface area (Å²) < 4.78 is 6.81. The van der Waals surface area contributed by atoms with E-state index in [1.165, 1.54) is 0 Å². The van der Waals surface area contributed by atoms with Crippen LogP contribution >= 0.6 is 0 Å². The normalized spacial score (nSPS) is 11.5. The average molecular weight is 224 g/mol. The van der Waals surface area contributed by atoms with Gasteiger partial charge in [-0.25, -0.2) is 0 Å². The Morgan fingerprint density at radius 2 is 2.19 bits per heavy atom. The first kappa shape index (κ1) is 12.7. The third-order valence-corrected chi connectivity index (χ3v) is 2.23. The first-order chi connectivity index (χ1) is 7.37. The van der Waals surface area contributed by atoms with Gasteiger partial charge < -0.3 is 4.74 Å². The average Bonchev–Trinajstić information content (AvgIpc) is 2.57. The van der Waals surface area contributed by atoms with Crippen LogP contribution in [-0.4, -0.2) is 15.7 Å². The smallest absolute Gasteiger partial charge is 0.306 e. The summed E-state index contributed by atoms with van der Waals surface area (Å²) in [5.41, 5.74) is 0.955. The molecule has 16 heavy (non-hydrogen) atoms. The van der Waals surface area contributed by atoms with Crippen molar-refractivity contribution in [2.75, 3.05) is 0 Å². The molecular formula is C12H20N2O2. The van der Waals surface area contributed by atoms with Crippen molar-refractivity contribution in [3.05, 3.63) is 18.0 Å². The van der Waals surface area contributed by atoms with Gasteiger partial charge in [0.05, 0.1) is 5.69 Å². The molecule has 0 unspecified atom stereocenters. The lowest BCUT2D eigenvalue weighted by atomic mass is 9.91. The Morgan fingerprint density at radius 3 is 2.69 bits per heavy atom. The lowest BCUT2D eigenvalue weighted by Crippen LogP contribution is -2.11. The standard InChI is InChI=1S/C12H20N2O2/c1-12(2,3)7-5-11(15)16-9-10-6-8-14(4)13-10/h6,8H,5,7,9H2,1-4H3. The van der Waals surface area contributed by atoms with E-state index in [0.29, 0.717) is 6.42 Å². The van der Waals surface area contributed by atoms with Gasteiger partial charge in [0.25, 0.3) is 0 Å². The van der Waals surface area contributed by atoms with E-state index in [2.05, 4.69) is 25.9 Å². The van der Waals surface area contributed by atoms with Crippen LogP contribution in [-0.2, 0) is 23.2 Å². The predicted molar refractivity (Wildman–Crippen MR) is 61.7 cm³/mol. The highest BCUT2D eigenvalue weighted by atomic mass is 16.5. The van der Waals surface area contributed by atoms with Crippen LogP contribution in [0.5, 0.6) is 0 Å². The predicted octanol–water partition coefficient (Wildman–Crippen LogP) is 2.29. The number of aromatic nitrogens is 2. The van der Waals surface area contributed by atoms with Gasteiger partial charge in [0.2, 0.25) is 0 Å². The van der Waals surface area contributed by atoms with Gasteiger partial charge in [0, 0.05) is 19.7 Å². The van der Waals surface area contributed by atoms with E-state index in [4.69, 9.17) is 4.74 Å². The van der Waals surface area contributed by atoms with Crippen molar-refractivity contribution in [3.63, 3.8) is 0 Å². The monoisotopic (exact) mass is 224 g/mol. The van der Waals surface area contributed by atoms with Crippen LogP contribution in [0.4, 0.5) is 0 Å². The molecule has 0 bridgehead atoms. The summed E-state index contributed by atoms with van der Waals surface area (Å²) in [6, 6.07) is 1.84. The van der Waals surface area contributed by atoms with E-state index in [1.807, 2.05) is 19.3 Å². The molecule has 1 aromatic heterocycles. The summed E-state index contributed by atoms with van der Waals surface area (Å²) in [4.78, 5) is 11.4. The van der Waals surface area contributed by atoms with Crippen molar-refractivity contribution in [1.82, 2.24) is 9.78 Å². The third kappa shape index (κ3) is 4.96. The molecule has 1 aromatic rings. The van der Waals surface area contributed by atoms with E-state index >= 15 is 0 Å². The molecule has 90 valence electrons. The largest absolute Gasteiger partial charge is 0.459 e. The molecule has 4 nitrogen and oxygen atoms in total. The number of carbonyl (C=O) groups excluding carboxylic acids is 1. The van der Waals surface area contributed by atoms with Crippen LogP contribution in [0.1, 0.15) is 39.3 Å². The Hall–Kier alpha value is -1.32. The lowest BCUT2D eigenvalue weighted by Gasteiger charge is -2.16. The summed E-state index contributed by atoms with van der Waals surface area (Å²) in [6.45, 7) is 6.60. The fourth-order valence-electron chi connectivity index (χ4n) is 1.24. The van der Waals surface area contributed by atoms with E-state index in [-0.39, 0.29) is 18.0 Å². The maximum atomic E-state index is 11.4. The van der Waals surface area contributed by atoms with Gasteiger partial charge in [-0.05, 0) is 17.9 Å². The van der Waals surface area contributed by atoms with E-state index < -0.39 is 0 Å². The Morgan fingerprint density at radius 1 is 1.50 bits per heavy atom. The molecule has 0 fully saturated rings. The molecule has 0 saturated heterocycles. The third-order valence-electron chi connectivity index (χ3n) is 2.23. The van der Waals surface area contributed by atoms with Gasteiger partial charge in [-0.2, -0.15) is 5.10 Å². The minimum atomic E-state index is -0.152. The SMILES string of the molecule is Cn1ccc(COC(=O)CCC(C)(C)C)n1. The second-order valence-electron chi connectivity index (χ2n) is 5.20. The quantitative estimate of drug-likeness (QED) is 0.737. The molecule has 0 radical (unpaired) electrons. The fraction of sp³-hybridized carbons (Fsp3) is 0.667. The number of carbonyl (C=O) groups is 1. The van der Waals surface area contributed by atoms with Gasteiger partial charge in [-0.15, -0.1) is 0 Å². The Bertz CT molecular complexity index is 350. The van der Waals surface area contributed by atoms with Gasteiger partial charge in [-0.1, -0.05) is 20.8 Å². The molecule has 0 N–H and O–H groups in total. The molecule has 0 spiro atoms. The van der Waals surface area contributed by atoms with Crippen molar-refractivity contribution in [2.45, 2.75) is 40.2 Å². The van der Waals surface area contributed by atoms with Gasteiger partial charge in [-0.3, -0.25) is 9.48 Å². The molecule has 0 atom stereocenters. The van der Waals surface area contributed by atoms with E-state index in [0.717, 1.165) is 12.1 Å². The number of hydrogen-bond donors (Lipinski definition) is 0. The first-order valence-corrected chi connectivity index (χ1v) is 5.51. The van der Waals surface area contributed by atoms with Crippen molar-refractivity contribution in [2.24, 2.45) is 12.5 Å². The Labute approximate surface area is 96.6 Å². The molecule has 0 aliphatic heterocycles. The topological polar surface area (TPSA) is 44.1 Å². The summed E-state index contributed by atoms with van der Waals surface area (Å²) >= 11 is 0. The molecule has 0 aliphatic carbocycles. The highest BCUT2D eigenvalue weighted by molar-refractivity contribution is 5.69. The molecular weight excluding hydrogens is 204 g/mol. The molecule has 0 saturated carbocycles. The van der Waals surface area contributed by atoms with Gasteiger partial charge >= 0.3 is 5.97 Å². The van der Waals surface area contributed by atoms with E-state index in [1.54, 1.807) is 4.68 Å². The van der Waals surface area contributed by atoms with Crippen molar-refractivity contribution < 1.29 is 9.53 Å². The van der Waals surface area contributed by atoms with Crippen molar-refractivity contribution in [3.8, 4) is 0 Å². The fourth-order valence-corrected chi connectivity index (χ4v) is 1.24. The number of hydrogen-bond acceptors (Lipinski definition) is 3. The molecule has 0 aromatic carbocycles. The van der Waals surface area contributed by atoms with Crippen LogP contribution in [0.25, 0.3) is 0 Å². The zero-order chi connectivity index (χ0) is 12.2. The maximum absolute atomic E-state index is 11.4. The second-order valence-corrected chi connectivity index (χ2v) is 5.20. The summed E-state index contributed by atoms with van der Waals surface area (Å²) in [6.07, 6.45) is 3.14. The van der Waals surface area contributed by atoms with Crippen LogP contribution in [0.15, 0.2) is 12.3 Å². The highest BCUT2D eigenvalue weighted by Gasteiger charge is 2.13. The number of nitrogens with zero attached hydrogens (tertiary/aromatic N) is 2.